The highest BCUT2D eigenvalue weighted by Gasteiger charge is 2.41. The highest BCUT2D eigenvalue weighted by atomic mass is 16.6. The van der Waals surface area contributed by atoms with E-state index in [9.17, 15) is 9.59 Å². The lowest BCUT2D eigenvalue weighted by Crippen LogP contribution is -2.50. The fourth-order valence-corrected chi connectivity index (χ4v) is 2.78. The van der Waals surface area contributed by atoms with Gasteiger partial charge < -0.3 is 19.7 Å². The summed E-state index contributed by atoms with van der Waals surface area (Å²) in [6, 6.07) is -0.733. The van der Waals surface area contributed by atoms with E-state index in [1.54, 1.807) is 12.0 Å². The molecule has 0 spiro atoms. The van der Waals surface area contributed by atoms with Gasteiger partial charge in [-0.05, 0) is 46.1 Å². The molecule has 6 nitrogen and oxygen atoms in total. The molecular weight excluding hydrogens is 296 g/mol. The minimum absolute atomic E-state index is 0.00743. The van der Waals surface area contributed by atoms with Gasteiger partial charge in [0.2, 0.25) is 5.91 Å². The molecule has 2 atom stereocenters. The molecule has 1 N–H and O–H groups in total. The number of esters is 1. The van der Waals surface area contributed by atoms with Gasteiger partial charge in [0.05, 0.1) is 6.04 Å². The second-order valence-electron chi connectivity index (χ2n) is 7.40. The van der Waals surface area contributed by atoms with Gasteiger partial charge in [-0.3, -0.25) is 4.79 Å². The van der Waals surface area contributed by atoms with Gasteiger partial charge in [-0.1, -0.05) is 13.8 Å². The van der Waals surface area contributed by atoms with Gasteiger partial charge in [0.1, 0.15) is 11.6 Å². The van der Waals surface area contributed by atoms with Crippen molar-refractivity contribution in [3.63, 3.8) is 0 Å². The number of nitrogens with one attached hydrogen (secondary N) is 1. The zero-order valence-electron chi connectivity index (χ0n) is 15.3. The Kier molecular flexibility index (Phi) is 7.48. The Balaban J connectivity index is 2.67. The van der Waals surface area contributed by atoms with E-state index in [0.29, 0.717) is 13.2 Å². The normalized spacial score (nSPS) is 20.2. The fourth-order valence-electron chi connectivity index (χ4n) is 2.78. The fraction of sp³-hybridized carbons (Fsp3) is 0.882. The van der Waals surface area contributed by atoms with Crippen molar-refractivity contribution in [3.05, 3.63) is 0 Å². The largest absolute Gasteiger partial charge is 0.458 e. The molecule has 134 valence electrons. The molecule has 0 radical (unpaired) electrons. The number of carbonyl (C=O) groups is 2. The third-order valence-corrected chi connectivity index (χ3v) is 3.77. The predicted octanol–water partition coefficient (Wildman–Crippen LogP) is 1.58. The first-order chi connectivity index (χ1) is 10.7. The summed E-state index contributed by atoms with van der Waals surface area (Å²) in [6.07, 6.45) is 1.58. The van der Waals surface area contributed by atoms with Crippen molar-refractivity contribution in [1.29, 1.82) is 0 Å². The minimum Gasteiger partial charge on any atom is -0.458 e. The van der Waals surface area contributed by atoms with Crippen molar-refractivity contribution < 1.29 is 19.1 Å². The van der Waals surface area contributed by atoms with Crippen LogP contribution < -0.4 is 5.32 Å². The molecule has 0 aromatic carbocycles. The molecule has 0 aliphatic carbocycles. The molecular formula is C17H32N2O4. The van der Waals surface area contributed by atoms with Gasteiger partial charge in [-0.15, -0.1) is 0 Å². The van der Waals surface area contributed by atoms with E-state index in [1.165, 1.54) is 0 Å². The van der Waals surface area contributed by atoms with Crippen molar-refractivity contribution in [2.24, 2.45) is 5.92 Å². The molecule has 0 aromatic heterocycles. The molecule has 6 heteroatoms. The summed E-state index contributed by atoms with van der Waals surface area (Å²) in [5.41, 5.74) is -0.551. The molecule has 0 saturated carbocycles. The van der Waals surface area contributed by atoms with Gasteiger partial charge >= 0.3 is 5.97 Å². The summed E-state index contributed by atoms with van der Waals surface area (Å²) >= 11 is 0. The topological polar surface area (TPSA) is 67.9 Å². The van der Waals surface area contributed by atoms with Crippen LogP contribution in [0.5, 0.6) is 0 Å². The first-order valence-electron chi connectivity index (χ1n) is 8.43. The Morgan fingerprint density at radius 3 is 2.57 bits per heavy atom. The van der Waals surface area contributed by atoms with Gasteiger partial charge in [-0.2, -0.15) is 0 Å². The van der Waals surface area contributed by atoms with Crippen molar-refractivity contribution in [3.8, 4) is 0 Å². The van der Waals surface area contributed by atoms with Crippen molar-refractivity contribution in [2.75, 3.05) is 26.8 Å². The Labute approximate surface area is 139 Å². The van der Waals surface area contributed by atoms with Crippen LogP contribution in [0.2, 0.25) is 0 Å². The van der Waals surface area contributed by atoms with Crippen LogP contribution in [0, 0.1) is 5.92 Å². The van der Waals surface area contributed by atoms with Crippen LogP contribution in [0.3, 0.4) is 0 Å². The summed E-state index contributed by atoms with van der Waals surface area (Å²) in [4.78, 5) is 26.8. The SMILES string of the molecule is COCCCNC1CCN(C(C(=O)OC(C)(C)C)C(C)C)C1=O. The van der Waals surface area contributed by atoms with E-state index in [4.69, 9.17) is 9.47 Å². The number of methoxy groups -OCH3 is 1. The lowest BCUT2D eigenvalue weighted by molar-refractivity contribution is -0.165. The quantitative estimate of drug-likeness (QED) is 0.541. The summed E-state index contributed by atoms with van der Waals surface area (Å²) in [5, 5.41) is 3.25. The number of rotatable bonds is 8. The van der Waals surface area contributed by atoms with Crippen LogP contribution in [-0.4, -0.2) is 61.3 Å². The molecule has 1 heterocycles. The van der Waals surface area contributed by atoms with Crippen molar-refractivity contribution in [2.45, 2.75) is 65.1 Å². The van der Waals surface area contributed by atoms with Gasteiger partial charge in [0.15, 0.2) is 0 Å². The highest BCUT2D eigenvalue weighted by Crippen LogP contribution is 2.22. The summed E-state index contributed by atoms with van der Waals surface area (Å²) in [5.74, 6) is -0.311. The molecule has 23 heavy (non-hydrogen) atoms. The monoisotopic (exact) mass is 328 g/mol. The van der Waals surface area contributed by atoms with Gasteiger partial charge in [0, 0.05) is 20.3 Å². The maximum absolute atomic E-state index is 12.6. The second-order valence-corrected chi connectivity index (χ2v) is 7.40. The zero-order chi connectivity index (χ0) is 17.6. The van der Waals surface area contributed by atoms with E-state index >= 15 is 0 Å². The summed E-state index contributed by atoms with van der Waals surface area (Å²) in [7, 11) is 1.66. The van der Waals surface area contributed by atoms with Crippen molar-refractivity contribution >= 4 is 11.9 Å². The maximum Gasteiger partial charge on any atom is 0.329 e. The molecule has 0 bridgehead atoms. The Hall–Kier alpha value is -1.14. The molecule has 1 aliphatic heterocycles. The molecule has 2 unspecified atom stereocenters. The lowest BCUT2D eigenvalue weighted by Gasteiger charge is -2.32. The molecule has 1 saturated heterocycles. The highest BCUT2D eigenvalue weighted by molar-refractivity contribution is 5.89. The van der Waals surface area contributed by atoms with Crippen LogP contribution in [0.25, 0.3) is 0 Å². The first-order valence-corrected chi connectivity index (χ1v) is 8.43. The standard InChI is InChI=1S/C17H32N2O4/c1-12(2)14(16(21)23-17(3,4)5)19-10-8-13(15(19)20)18-9-7-11-22-6/h12-14,18H,7-11H2,1-6H3. The van der Waals surface area contributed by atoms with Crippen LogP contribution in [-0.2, 0) is 19.1 Å². The zero-order valence-corrected chi connectivity index (χ0v) is 15.3. The van der Waals surface area contributed by atoms with Crippen molar-refractivity contribution in [1.82, 2.24) is 10.2 Å². The number of nitrogens with zero attached hydrogens (tertiary/aromatic N) is 1. The van der Waals surface area contributed by atoms with Crippen LogP contribution in [0.1, 0.15) is 47.5 Å². The average molecular weight is 328 g/mol. The number of likely N-dealkylation sites (tertiary alicyclic amines) is 1. The van der Waals surface area contributed by atoms with Gasteiger partial charge in [-0.25, -0.2) is 4.79 Å². The lowest BCUT2D eigenvalue weighted by atomic mass is 10.0. The minimum atomic E-state index is -0.551. The third kappa shape index (κ3) is 6.11. The van der Waals surface area contributed by atoms with Crippen LogP contribution in [0.4, 0.5) is 0 Å². The van der Waals surface area contributed by atoms with E-state index in [2.05, 4.69) is 5.32 Å². The van der Waals surface area contributed by atoms with E-state index in [-0.39, 0.29) is 23.8 Å². The third-order valence-electron chi connectivity index (χ3n) is 3.77. The van der Waals surface area contributed by atoms with E-state index < -0.39 is 11.6 Å². The Morgan fingerprint density at radius 1 is 1.39 bits per heavy atom. The molecule has 1 fully saturated rings. The summed E-state index contributed by atoms with van der Waals surface area (Å²) < 4.78 is 10.5. The molecule has 1 amide bonds. The maximum atomic E-state index is 12.6. The smallest absolute Gasteiger partial charge is 0.329 e. The van der Waals surface area contributed by atoms with Crippen LogP contribution in [0.15, 0.2) is 0 Å². The van der Waals surface area contributed by atoms with Crippen LogP contribution >= 0.6 is 0 Å². The number of ether oxygens (including phenoxy) is 2. The Bertz CT molecular complexity index is 404. The number of amides is 1. The van der Waals surface area contributed by atoms with E-state index in [1.807, 2.05) is 34.6 Å². The average Bonchev–Trinajstić information content (AvgIpc) is 2.74. The second kappa shape index (κ2) is 8.64. The predicted molar refractivity (Wildman–Crippen MR) is 89.1 cm³/mol. The molecule has 0 aromatic rings. The number of hydrogen-bond acceptors (Lipinski definition) is 5. The van der Waals surface area contributed by atoms with Gasteiger partial charge in [0.25, 0.3) is 0 Å². The molecule has 1 rings (SSSR count). The van der Waals surface area contributed by atoms with E-state index in [0.717, 1.165) is 19.4 Å². The number of carbonyl (C=O) groups excluding carboxylic acids is 2. The number of hydrogen-bond donors (Lipinski definition) is 1. The first kappa shape index (κ1) is 19.9. The molecule has 1 aliphatic rings. The Morgan fingerprint density at radius 2 is 2.04 bits per heavy atom. The summed E-state index contributed by atoms with van der Waals surface area (Å²) in [6.45, 7) is 11.4.